The fourth-order valence-corrected chi connectivity index (χ4v) is 2.41. The molecule has 1 aromatic rings. The molecule has 4 nitrogen and oxygen atoms in total. The minimum Gasteiger partial charge on any atom is -0.480 e. The molecular weight excluding hydrogens is 275 g/mol. The van der Waals surface area contributed by atoms with Gasteiger partial charge in [0.05, 0.1) is 6.61 Å². The zero-order valence-corrected chi connectivity index (χ0v) is 12.6. The van der Waals surface area contributed by atoms with Gasteiger partial charge < -0.3 is 9.84 Å². The van der Waals surface area contributed by atoms with Crippen molar-refractivity contribution in [3.8, 4) is 0 Å². The van der Waals surface area contributed by atoms with Crippen LogP contribution in [0.3, 0.4) is 0 Å². The quantitative estimate of drug-likeness (QED) is 0.620. The van der Waals surface area contributed by atoms with Crippen molar-refractivity contribution < 1.29 is 23.8 Å². The Morgan fingerprint density at radius 2 is 1.95 bits per heavy atom. The molecular formula is C16H21FO4. The van der Waals surface area contributed by atoms with Crippen molar-refractivity contribution >= 4 is 11.9 Å². The second-order valence-electron chi connectivity index (χ2n) is 5.47. The average Bonchev–Trinajstić information content (AvgIpc) is 2.39. The van der Waals surface area contributed by atoms with Crippen molar-refractivity contribution in [2.24, 2.45) is 11.3 Å². The summed E-state index contributed by atoms with van der Waals surface area (Å²) in [5.41, 5.74) is -1.56. The van der Waals surface area contributed by atoms with Gasteiger partial charge in [0.25, 0.3) is 0 Å². The van der Waals surface area contributed by atoms with E-state index in [0.717, 1.165) is 0 Å². The van der Waals surface area contributed by atoms with Crippen LogP contribution in [0.15, 0.2) is 24.3 Å². The van der Waals surface area contributed by atoms with Gasteiger partial charge in [-0.1, -0.05) is 32.0 Å². The molecule has 0 bridgehead atoms. The van der Waals surface area contributed by atoms with Gasteiger partial charge in [-0.3, -0.25) is 9.59 Å². The molecule has 0 aliphatic carbocycles. The number of carbonyl (C=O) groups is 2. The largest absolute Gasteiger partial charge is 0.480 e. The first-order valence-corrected chi connectivity index (χ1v) is 6.97. The zero-order chi connectivity index (χ0) is 16.0. The monoisotopic (exact) mass is 296 g/mol. The molecule has 0 aromatic heterocycles. The highest BCUT2D eigenvalue weighted by Gasteiger charge is 2.48. The Morgan fingerprint density at radius 3 is 2.43 bits per heavy atom. The first-order valence-electron chi connectivity index (χ1n) is 6.97. The molecule has 0 saturated carbocycles. The predicted octanol–water partition coefficient (Wildman–Crippen LogP) is 3.05. The maximum atomic E-state index is 13.8. The van der Waals surface area contributed by atoms with Crippen LogP contribution in [0.25, 0.3) is 0 Å². The Morgan fingerprint density at radius 1 is 1.33 bits per heavy atom. The Labute approximate surface area is 123 Å². The number of rotatable bonds is 7. The van der Waals surface area contributed by atoms with E-state index in [1.165, 1.54) is 18.2 Å². The van der Waals surface area contributed by atoms with E-state index in [1.807, 2.05) is 13.8 Å². The fourth-order valence-electron chi connectivity index (χ4n) is 2.41. The number of benzene rings is 1. The molecule has 116 valence electrons. The molecule has 0 aliphatic heterocycles. The summed E-state index contributed by atoms with van der Waals surface area (Å²) < 4.78 is 18.8. The van der Waals surface area contributed by atoms with Crippen molar-refractivity contribution in [3.05, 3.63) is 35.6 Å². The number of ether oxygens (including phenoxy) is 1. The van der Waals surface area contributed by atoms with Crippen LogP contribution >= 0.6 is 0 Å². The van der Waals surface area contributed by atoms with Crippen LogP contribution < -0.4 is 0 Å². The number of carboxylic acids is 1. The summed E-state index contributed by atoms with van der Waals surface area (Å²) in [6, 6.07) is 5.88. The molecule has 1 aromatic carbocycles. The van der Waals surface area contributed by atoms with Gasteiger partial charge in [0.1, 0.15) is 5.82 Å². The molecule has 0 spiro atoms. The van der Waals surface area contributed by atoms with Gasteiger partial charge in [0.2, 0.25) is 0 Å². The number of esters is 1. The molecule has 1 rings (SSSR count). The molecule has 1 unspecified atom stereocenters. The molecule has 0 amide bonds. The number of hydrogen-bond donors (Lipinski definition) is 1. The zero-order valence-electron chi connectivity index (χ0n) is 12.6. The maximum Gasteiger partial charge on any atom is 0.323 e. The van der Waals surface area contributed by atoms with Gasteiger partial charge in [0.15, 0.2) is 5.41 Å². The van der Waals surface area contributed by atoms with Gasteiger partial charge in [-0.15, -0.1) is 0 Å². The summed E-state index contributed by atoms with van der Waals surface area (Å²) in [5, 5.41) is 9.60. The highest BCUT2D eigenvalue weighted by Crippen LogP contribution is 2.34. The molecule has 0 fully saturated rings. The number of aliphatic carboxylic acids is 1. The lowest BCUT2D eigenvalue weighted by Gasteiger charge is -2.29. The van der Waals surface area contributed by atoms with Crippen LogP contribution in [0, 0.1) is 17.2 Å². The van der Waals surface area contributed by atoms with Crippen LogP contribution in [-0.2, 0) is 20.7 Å². The van der Waals surface area contributed by atoms with E-state index in [0.29, 0.717) is 0 Å². The highest BCUT2D eigenvalue weighted by atomic mass is 19.1. The van der Waals surface area contributed by atoms with Crippen molar-refractivity contribution in [1.29, 1.82) is 0 Å². The van der Waals surface area contributed by atoms with Crippen LogP contribution in [0.1, 0.15) is 32.8 Å². The Hall–Kier alpha value is -1.91. The lowest BCUT2D eigenvalue weighted by Crippen LogP contribution is -2.44. The normalized spacial score (nSPS) is 13.8. The maximum absolute atomic E-state index is 13.8. The molecule has 0 radical (unpaired) electrons. The van der Waals surface area contributed by atoms with Crippen molar-refractivity contribution in [2.75, 3.05) is 6.61 Å². The SMILES string of the molecule is CCOC(=O)C(Cc1ccccc1F)(CC(C)C)C(=O)O. The first-order chi connectivity index (χ1) is 9.83. The molecule has 21 heavy (non-hydrogen) atoms. The van der Waals surface area contributed by atoms with Crippen molar-refractivity contribution in [1.82, 2.24) is 0 Å². The fraction of sp³-hybridized carbons (Fsp3) is 0.500. The minimum atomic E-state index is -1.76. The van der Waals surface area contributed by atoms with E-state index >= 15 is 0 Å². The Balaban J connectivity index is 3.25. The van der Waals surface area contributed by atoms with Crippen LogP contribution in [-0.4, -0.2) is 23.7 Å². The van der Waals surface area contributed by atoms with Crippen molar-refractivity contribution in [3.63, 3.8) is 0 Å². The summed E-state index contributed by atoms with van der Waals surface area (Å²) in [5.74, 6) is -2.65. The van der Waals surface area contributed by atoms with Gasteiger partial charge in [-0.2, -0.15) is 0 Å². The van der Waals surface area contributed by atoms with Gasteiger partial charge in [-0.25, -0.2) is 4.39 Å². The number of hydrogen-bond acceptors (Lipinski definition) is 3. The number of halogens is 1. The Bertz CT molecular complexity index is 513. The molecule has 0 saturated heterocycles. The smallest absolute Gasteiger partial charge is 0.323 e. The lowest BCUT2D eigenvalue weighted by molar-refractivity contribution is -0.170. The van der Waals surface area contributed by atoms with E-state index in [2.05, 4.69) is 0 Å². The topological polar surface area (TPSA) is 63.6 Å². The van der Waals surface area contributed by atoms with E-state index in [-0.39, 0.29) is 30.9 Å². The lowest BCUT2D eigenvalue weighted by atomic mass is 9.75. The van der Waals surface area contributed by atoms with Gasteiger partial charge in [0, 0.05) is 6.42 Å². The van der Waals surface area contributed by atoms with Gasteiger partial charge >= 0.3 is 11.9 Å². The summed E-state index contributed by atoms with van der Waals surface area (Å²) >= 11 is 0. The summed E-state index contributed by atoms with van der Waals surface area (Å²) in [4.78, 5) is 24.0. The van der Waals surface area contributed by atoms with E-state index in [9.17, 15) is 19.1 Å². The van der Waals surface area contributed by atoms with Crippen LogP contribution in [0.2, 0.25) is 0 Å². The summed E-state index contributed by atoms with van der Waals surface area (Å²) in [6.45, 7) is 5.34. The standard InChI is InChI=1S/C16H21FO4/c1-4-21-15(20)16(14(18)19,9-11(2)3)10-12-7-5-6-8-13(12)17/h5-8,11H,4,9-10H2,1-3H3,(H,18,19). The second kappa shape index (κ2) is 7.20. The third kappa shape index (κ3) is 4.03. The summed E-state index contributed by atoms with van der Waals surface area (Å²) in [6.07, 6.45) is -0.123. The third-order valence-corrected chi connectivity index (χ3v) is 3.28. The number of carbonyl (C=O) groups excluding carboxylic acids is 1. The predicted molar refractivity (Wildman–Crippen MR) is 76.3 cm³/mol. The van der Waals surface area contributed by atoms with E-state index in [4.69, 9.17) is 4.74 Å². The molecule has 5 heteroatoms. The number of carboxylic acid groups (broad SMARTS) is 1. The minimum absolute atomic E-state index is 0.0442. The van der Waals surface area contributed by atoms with E-state index < -0.39 is 23.2 Å². The van der Waals surface area contributed by atoms with Gasteiger partial charge in [-0.05, 0) is 30.9 Å². The van der Waals surface area contributed by atoms with E-state index in [1.54, 1.807) is 13.0 Å². The third-order valence-electron chi connectivity index (χ3n) is 3.28. The molecule has 1 N–H and O–H groups in total. The van der Waals surface area contributed by atoms with Crippen LogP contribution in [0.4, 0.5) is 4.39 Å². The molecule has 0 heterocycles. The second-order valence-corrected chi connectivity index (χ2v) is 5.47. The highest BCUT2D eigenvalue weighted by molar-refractivity contribution is 5.99. The van der Waals surface area contributed by atoms with Crippen LogP contribution in [0.5, 0.6) is 0 Å². The molecule has 1 atom stereocenters. The van der Waals surface area contributed by atoms with Crippen molar-refractivity contribution in [2.45, 2.75) is 33.6 Å². The average molecular weight is 296 g/mol. The first kappa shape index (κ1) is 17.1. The molecule has 0 aliphatic rings. The summed E-state index contributed by atoms with van der Waals surface area (Å²) in [7, 11) is 0. The Kier molecular flexibility index (Phi) is 5.88.